The topological polar surface area (TPSA) is 56.8 Å². The lowest BCUT2D eigenvalue weighted by Crippen LogP contribution is -2.14. The molecule has 0 aliphatic carbocycles. The highest BCUT2D eigenvalue weighted by molar-refractivity contribution is 7.99. The number of nitrogens with one attached hydrogen (secondary N) is 1. The smallest absolute Gasteiger partial charge is 0.256 e. The Kier molecular flexibility index (Phi) is 6.41. The van der Waals surface area contributed by atoms with Gasteiger partial charge in [0.05, 0.1) is 31.6 Å². The largest absolute Gasteiger partial charge is 0.497 e. The van der Waals surface area contributed by atoms with Gasteiger partial charge in [0.15, 0.2) is 0 Å². The number of benzene rings is 2. The van der Waals surface area contributed by atoms with Crippen LogP contribution in [-0.4, -0.2) is 38.6 Å². The van der Waals surface area contributed by atoms with E-state index in [1.807, 2.05) is 24.3 Å². The second kappa shape index (κ2) is 8.96. The summed E-state index contributed by atoms with van der Waals surface area (Å²) in [6.45, 7) is 0.836. The fourth-order valence-corrected chi connectivity index (χ4v) is 3.96. The lowest BCUT2D eigenvalue weighted by Gasteiger charge is -2.14. The van der Waals surface area contributed by atoms with Gasteiger partial charge in [0.2, 0.25) is 0 Å². The van der Waals surface area contributed by atoms with E-state index in [1.165, 1.54) is 0 Å². The predicted molar refractivity (Wildman–Crippen MR) is 104 cm³/mol. The van der Waals surface area contributed by atoms with Crippen molar-refractivity contribution in [3.8, 4) is 11.5 Å². The third kappa shape index (κ3) is 4.51. The number of rotatable bonds is 7. The molecule has 138 valence electrons. The average molecular weight is 373 g/mol. The third-order valence-corrected chi connectivity index (χ3v) is 5.44. The van der Waals surface area contributed by atoms with Crippen LogP contribution in [-0.2, 0) is 4.74 Å². The Morgan fingerprint density at radius 3 is 2.81 bits per heavy atom. The van der Waals surface area contributed by atoms with Crippen LogP contribution in [0.2, 0.25) is 0 Å². The number of carbonyl (C=O) groups excluding carboxylic acids is 1. The highest BCUT2D eigenvalue weighted by Crippen LogP contribution is 2.31. The van der Waals surface area contributed by atoms with Crippen molar-refractivity contribution < 1.29 is 19.0 Å². The molecule has 0 spiro atoms. The van der Waals surface area contributed by atoms with Crippen molar-refractivity contribution in [1.82, 2.24) is 0 Å². The minimum Gasteiger partial charge on any atom is -0.497 e. The Bertz CT molecular complexity index is 759. The highest BCUT2D eigenvalue weighted by Gasteiger charge is 2.18. The van der Waals surface area contributed by atoms with E-state index in [1.54, 1.807) is 44.2 Å². The molecular weight excluding hydrogens is 350 g/mol. The summed E-state index contributed by atoms with van der Waals surface area (Å²) in [5.41, 5.74) is 1.22. The van der Waals surface area contributed by atoms with Gasteiger partial charge < -0.3 is 19.5 Å². The average Bonchev–Trinajstić information content (AvgIpc) is 3.20. The van der Waals surface area contributed by atoms with Crippen LogP contribution in [0.5, 0.6) is 11.5 Å². The van der Waals surface area contributed by atoms with Crippen molar-refractivity contribution in [3.63, 3.8) is 0 Å². The summed E-state index contributed by atoms with van der Waals surface area (Å²) in [6.07, 6.45) is 2.47. The van der Waals surface area contributed by atoms with Crippen molar-refractivity contribution in [3.05, 3.63) is 48.0 Å². The molecule has 1 aliphatic rings. The van der Waals surface area contributed by atoms with E-state index in [0.29, 0.717) is 22.7 Å². The molecule has 0 saturated carbocycles. The number of methoxy groups -OCH3 is 2. The van der Waals surface area contributed by atoms with Crippen LogP contribution in [0.25, 0.3) is 0 Å². The number of carbonyl (C=O) groups is 1. The van der Waals surface area contributed by atoms with Crippen LogP contribution >= 0.6 is 11.8 Å². The monoisotopic (exact) mass is 373 g/mol. The van der Waals surface area contributed by atoms with Gasteiger partial charge in [0, 0.05) is 23.3 Å². The number of ether oxygens (including phenoxy) is 3. The molecular formula is C20H23NO4S. The van der Waals surface area contributed by atoms with E-state index < -0.39 is 0 Å². The van der Waals surface area contributed by atoms with Gasteiger partial charge >= 0.3 is 0 Å². The molecule has 26 heavy (non-hydrogen) atoms. The maximum absolute atomic E-state index is 12.8. The van der Waals surface area contributed by atoms with E-state index in [4.69, 9.17) is 14.2 Å². The maximum atomic E-state index is 12.8. The van der Waals surface area contributed by atoms with Gasteiger partial charge in [0.25, 0.3) is 5.91 Å². The molecule has 1 N–H and O–H groups in total. The van der Waals surface area contributed by atoms with Crippen LogP contribution < -0.4 is 14.8 Å². The van der Waals surface area contributed by atoms with E-state index >= 15 is 0 Å². The molecule has 0 radical (unpaired) electrons. The molecule has 1 amide bonds. The highest BCUT2D eigenvalue weighted by atomic mass is 32.2. The summed E-state index contributed by atoms with van der Waals surface area (Å²) >= 11 is 1.66. The fraction of sp³-hybridized carbons (Fsp3) is 0.350. The first-order valence-corrected chi connectivity index (χ1v) is 9.56. The number of hydrogen-bond donors (Lipinski definition) is 1. The molecule has 1 fully saturated rings. The summed E-state index contributed by atoms with van der Waals surface area (Å²) in [6, 6.07) is 12.9. The molecule has 1 saturated heterocycles. The van der Waals surface area contributed by atoms with E-state index in [-0.39, 0.29) is 12.0 Å². The van der Waals surface area contributed by atoms with Gasteiger partial charge in [-0.25, -0.2) is 0 Å². The SMILES string of the molecule is COc1ccc(OC)c(NC(=O)c2ccccc2SCC2CCCO2)c1. The Morgan fingerprint density at radius 2 is 2.08 bits per heavy atom. The van der Waals surface area contributed by atoms with Crippen molar-refractivity contribution in [2.75, 3.05) is 31.9 Å². The van der Waals surface area contributed by atoms with Crippen LogP contribution in [0.4, 0.5) is 5.69 Å². The lowest BCUT2D eigenvalue weighted by molar-refractivity contribution is 0.102. The molecule has 5 nitrogen and oxygen atoms in total. The molecule has 1 atom stereocenters. The van der Waals surface area contributed by atoms with Gasteiger partial charge in [-0.3, -0.25) is 4.79 Å². The summed E-state index contributed by atoms with van der Waals surface area (Å²) < 4.78 is 16.2. The molecule has 0 bridgehead atoms. The Labute approximate surface area is 158 Å². The minimum absolute atomic E-state index is 0.174. The minimum atomic E-state index is -0.174. The zero-order valence-electron chi connectivity index (χ0n) is 15.0. The standard InChI is InChI=1S/C20H23NO4S/c1-23-14-9-10-18(24-2)17(12-14)21-20(22)16-7-3-4-8-19(16)26-13-15-6-5-11-25-15/h3-4,7-10,12,15H,5-6,11,13H2,1-2H3,(H,21,22). The zero-order chi connectivity index (χ0) is 18.4. The van der Waals surface area contributed by atoms with Crippen molar-refractivity contribution >= 4 is 23.4 Å². The van der Waals surface area contributed by atoms with Crippen molar-refractivity contribution in [2.24, 2.45) is 0 Å². The molecule has 3 rings (SSSR count). The number of thioether (sulfide) groups is 1. The fourth-order valence-electron chi connectivity index (χ4n) is 2.84. The van der Waals surface area contributed by atoms with Crippen LogP contribution in [0.15, 0.2) is 47.4 Å². The van der Waals surface area contributed by atoms with Gasteiger partial charge in [0.1, 0.15) is 11.5 Å². The van der Waals surface area contributed by atoms with Crippen LogP contribution in [0.1, 0.15) is 23.2 Å². The van der Waals surface area contributed by atoms with Crippen LogP contribution in [0, 0.1) is 0 Å². The first kappa shape index (κ1) is 18.6. The van der Waals surface area contributed by atoms with E-state index in [9.17, 15) is 4.79 Å². The molecule has 0 aromatic heterocycles. The summed E-state index contributed by atoms with van der Waals surface area (Å²) in [4.78, 5) is 13.8. The molecule has 1 unspecified atom stereocenters. The van der Waals surface area contributed by atoms with E-state index in [2.05, 4.69) is 5.32 Å². The lowest BCUT2D eigenvalue weighted by atomic mass is 10.2. The summed E-state index contributed by atoms with van der Waals surface area (Å²) in [7, 11) is 3.16. The van der Waals surface area contributed by atoms with Crippen molar-refractivity contribution in [2.45, 2.75) is 23.8 Å². The Morgan fingerprint density at radius 1 is 1.23 bits per heavy atom. The van der Waals surface area contributed by atoms with Crippen molar-refractivity contribution in [1.29, 1.82) is 0 Å². The molecule has 2 aromatic carbocycles. The molecule has 6 heteroatoms. The quantitative estimate of drug-likeness (QED) is 0.736. The Hall–Kier alpha value is -2.18. The van der Waals surface area contributed by atoms with Gasteiger partial charge in [-0.1, -0.05) is 12.1 Å². The first-order chi connectivity index (χ1) is 12.7. The predicted octanol–water partition coefficient (Wildman–Crippen LogP) is 4.23. The Balaban J connectivity index is 1.75. The molecule has 1 heterocycles. The zero-order valence-corrected chi connectivity index (χ0v) is 15.8. The van der Waals surface area contributed by atoms with Crippen LogP contribution in [0.3, 0.4) is 0 Å². The second-order valence-corrected chi connectivity index (χ2v) is 7.02. The summed E-state index contributed by atoms with van der Waals surface area (Å²) in [5.74, 6) is 1.92. The third-order valence-electron chi connectivity index (χ3n) is 4.24. The first-order valence-electron chi connectivity index (χ1n) is 8.58. The number of anilines is 1. The van der Waals surface area contributed by atoms with Gasteiger partial charge in [-0.05, 0) is 37.1 Å². The van der Waals surface area contributed by atoms with E-state index in [0.717, 1.165) is 30.1 Å². The number of amides is 1. The van der Waals surface area contributed by atoms with Gasteiger partial charge in [-0.15, -0.1) is 11.8 Å². The summed E-state index contributed by atoms with van der Waals surface area (Å²) in [5, 5.41) is 2.93. The molecule has 2 aromatic rings. The normalized spacial score (nSPS) is 16.3. The molecule has 1 aliphatic heterocycles. The maximum Gasteiger partial charge on any atom is 0.256 e. The van der Waals surface area contributed by atoms with Gasteiger partial charge in [-0.2, -0.15) is 0 Å². The second-order valence-electron chi connectivity index (χ2n) is 5.96. The number of hydrogen-bond acceptors (Lipinski definition) is 5.